The minimum Gasteiger partial charge on any atom is -0.369 e. The van der Waals surface area contributed by atoms with Crippen molar-refractivity contribution in [2.45, 2.75) is 11.3 Å². The lowest BCUT2D eigenvalue weighted by molar-refractivity contribution is -0.115. The van der Waals surface area contributed by atoms with Gasteiger partial charge in [-0.1, -0.05) is 23.1 Å². The number of thioether (sulfide) groups is 1. The third kappa shape index (κ3) is 4.01. The summed E-state index contributed by atoms with van der Waals surface area (Å²) >= 11 is 3.78. The van der Waals surface area contributed by atoms with Crippen LogP contribution in [0.1, 0.15) is 15.2 Å². The molecule has 9 heteroatoms. The molecule has 2 rings (SSSR count). The molecule has 0 saturated heterocycles. The highest BCUT2D eigenvalue weighted by atomic mass is 32.2. The lowest BCUT2D eigenvalue weighted by atomic mass is 10.3. The van der Waals surface area contributed by atoms with Crippen LogP contribution in [0.25, 0.3) is 0 Å². The topological polar surface area (TPSA) is 98.0 Å². The average molecular weight is 314 g/mol. The van der Waals surface area contributed by atoms with Gasteiger partial charge in [0.1, 0.15) is 0 Å². The van der Waals surface area contributed by atoms with Gasteiger partial charge in [0.2, 0.25) is 11.0 Å². The van der Waals surface area contributed by atoms with Crippen LogP contribution in [-0.2, 0) is 4.79 Å². The van der Waals surface area contributed by atoms with Gasteiger partial charge in [0.05, 0.1) is 10.6 Å². The molecule has 100 valence electrons. The number of aromatic nitrogens is 2. The maximum Gasteiger partial charge on any atom is 0.267 e. The molecule has 0 fully saturated rings. The van der Waals surface area contributed by atoms with Gasteiger partial charge >= 0.3 is 0 Å². The number of nitrogens with one attached hydrogen (secondary N) is 1. The number of hydrogen-bond acceptors (Lipinski definition) is 7. The summed E-state index contributed by atoms with van der Waals surface area (Å²) in [7, 11) is 0. The van der Waals surface area contributed by atoms with Gasteiger partial charge in [0.15, 0.2) is 4.34 Å². The highest BCUT2D eigenvalue weighted by Crippen LogP contribution is 2.26. The molecule has 3 N–H and O–H groups in total. The Bertz CT molecular complexity index is 607. The quantitative estimate of drug-likeness (QED) is 0.647. The predicted octanol–water partition coefficient (Wildman–Crippen LogP) is 1.74. The van der Waals surface area contributed by atoms with Crippen LogP contribution < -0.4 is 11.1 Å². The Morgan fingerprint density at radius 3 is 2.89 bits per heavy atom. The molecule has 0 spiro atoms. The van der Waals surface area contributed by atoms with Gasteiger partial charge in [-0.2, -0.15) is 0 Å². The van der Waals surface area contributed by atoms with Gasteiger partial charge < -0.3 is 5.73 Å². The second-order valence-corrected chi connectivity index (χ2v) is 6.68. The Labute approximate surface area is 121 Å². The summed E-state index contributed by atoms with van der Waals surface area (Å²) in [4.78, 5) is 23.1. The molecule has 0 saturated carbocycles. The van der Waals surface area contributed by atoms with E-state index in [9.17, 15) is 9.59 Å². The van der Waals surface area contributed by atoms with Gasteiger partial charge in [-0.05, 0) is 23.9 Å². The van der Waals surface area contributed by atoms with Crippen LogP contribution in [0.5, 0.6) is 0 Å². The molecule has 0 aliphatic heterocycles. The lowest BCUT2D eigenvalue weighted by Crippen LogP contribution is -2.12. The largest absolute Gasteiger partial charge is 0.369 e. The number of thiophene rings is 1. The molecule has 19 heavy (non-hydrogen) atoms. The van der Waals surface area contributed by atoms with E-state index < -0.39 is 5.91 Å². The van der Waals surface area contributed by atoms with Gasteiger partial charge in [0, 0.05) is 0 Å². The number of nitrogens with two attached hydrogens (primary N) is 1. The van der Waals surface area contributed by atoms with Crippen molar-refractivity contribution < 1.29 is 9.59 Å². The van der Waals surface area contributed by atoms with Crippen LogP contribution in [0.3, 0.4) is 0 Å². The van der Waals surface area contributed by atoms with E-state index in [-0.39, 0.29) is 11.7 Å². The van der Waals surface area contributed by atoms with Crippen LogP contribution in [0, 0.1) is 6.92 Å². The molecular formula is C10H10N4O2S3. The highest BCUT2D eigenvalue weighted by molar-refractivity contribution is 8.01. The number of carbonyl (C=O) groups excluding carboxylic acids is 2. The monoisotopic (exact) mass is 314 g/mol. The molecule has 0 aliphatic rings. The van der Waals surface area contributed by atoms with Crippen molar-refractivity contribution in [1.82, 2.24) is 10.2 Å². The average Bonchev–Trinajstić information content (AvgIpc) is 2.95. The first-order valence-electron chi connectivity index (χ1n) is 5.15. The van der Waals surface area contributed by atoms with Crippen molar-refractivity contribution in [3.63, 3.8) is 0 Å². The molecular weight excluding hydrogens is 304 g/mol. The van der Waals surface area contributed by atoms with Crippen molar-refractivity contribution in [2.24, 2.45) is 5.73 Å². The molecule has 0 aliphatic carbocycles. The number of carbonyl (C=O) groups is 2. The molecule has 0 atom stereocenters. The molecule has 0 radical (unpaired) electrons. The van der Waals surface area contributed by atoms with Crippen LogP contribution in [-0.4, -0.2) is 27.8 Å². The van der Waals surface area contributed by atoms with E-state index >= 15 is 0 Å². The van der Waals surface area contributed by atoms with Crippen LogP contribution >= 0.6 is 34.4 Å². The zero-order valence-electron chi connectivity index (χ0n) is 9.87. The van der Waals surface area contributed by atoms with E-state index in [0.717, 1.165) is 5.56 Å². The maximum absolute atomic E-state index is 11.9. The fourth-order valence-corrected chi connectivity index (χ4v) is 3.44. The second kappa shape index (κ2) is 6.13. The van der Waals surface area contributed by atoms with E-state index in [1.807, 2.05) is 18.4 Å². The van der Waals surface area contributed by atoms with E-state index in [1.54, 1.807) is 0 Å². The maximum atomic E-state index is 11.9. The van der Waals surface area contributed by atoms with E-state index in [4.69, 9.17) is 5.73 Å². The van der Waals surface area contributed by atoms with E-state index in [1.165, 1.54) is 34.4 Å². The Morgan fingerprint density at radius 1 is 1.47 bits per heavy atom. The van der Waals surface area contributed by atoms with E-state index in [0.29, 0.717) is 14.3 Å². The van der Waals surface area contributed by atoms with Crippen LogP contribution in [0.2, 0.25) is 0 Å². The minimum atomic E-state index is -0.417. The standard InChI is InChI=1S/C10H10N4O2S3/c1-5-2-6(17-3-5)8(16)12-9-13-14-10(19-9)18-4-7(11)15/h2-3H,4H2,1H3,(H2,11,15)(H,12,13,16). The van der Waals surface area contributed by atoms with Crippen molar-refractivity contribution in [3.8, 4) is 0 Å². The first-order chi connectivity index (χ1) is 9.04. The molecule has 2 aromatic heterocycles. The first-order valence-corrected chi connectivity index (χ1v) is 7.84. The first kappa shape index (κ1) is 14.0. The van der Waals surface area contributed by atoms with Crippen molar-refractivity contribution >= 4 is 51.4 Å². The third-order valence-corrected chi connectivity index (χ3v) is 4.96. The number of hydrogen-bond donors (Lipinski definition) is 2. The SMILES string of the molecule is Cc1csc(C(=O)Nc2nnc(SCC(N)=O)s2)c1. The summed E-state index contributed by atoms with van der Waals surface area (Å²) in [5.74, 6) is -0.479. The molecule has 2 heterocycles. The van der Waals surface area contributed by atoms with Gasteiger partial charge in [-0.15, -0.1) is 21.5 Å². The van der Waals surface area contributed by atoms with Crippen molar-refractivity contribution in [2.75, 3.05) is 11.1 Å². The minimum absolute atomic E-state index is 0.146. The Morgan fingerprint density at radius 2 is 2.26 bits per heavy atom. The molecule has 2 amide bonds. The summed E-state index contributed by atoms with van der Waals surface area (Å²) in [6.07, 6.45) is 0. The second-order valence-electron chi connectivity index (χ2n) is 3.57. The zero-order chi connectivity index (χ0) is 13.8. The zero-order valence-corrected chi connectivity index (χ0v) is 12.3. The smallest absolute Gasteiger partial charge is 0.267 e. The summed E-state index contributed by atoms with van der Waals surface area (Å²) in [5, 5.41) is 12.7. The Hall–Kier alpha value is -1.45. The van der Waals surface area contributed by atoms with Gasteiger partial charge in [-0.25, -0.2) is 0 Å². The van der Waals surface area contributed by atoms with Gasteiger partial charge in [0.25, 0.3) is 5.91 Å². The molecule has 0 bridgehead atoms. The molecule has 6 nitrogen and oxygen atoms in total. The van der Waals surface area contributed by atoms with Gasteiger partial charge in [-0.3, -0.25) is 14.9 Å². The van der Waals surface area contributed by atoms with Crippen molar-refractivity contribution in [1.29, 1.82) is 0 Å². The van der Waals surface area contributed by atoms with Crippen LogP contribution in [0.15, 0.2) is 15.8 Å². The van der Waals surface area contributed by atoms with Crippen molar-refractivity contribution in [3.05, 3.63) is 21.9 Å². The number of rotatable bonds is 5. The predicted molar refractivity (Wildman–Crippen MR) is 76.8 cm³/mol. The highest BCUT2D eigenvalue weighted by Gasteiger charge is 2.12. The lowest BCUT2D eigenvalue weighted by Gasteiger charge is -1.96. The fraction of sp³-hybridized carbons (Fsp3) is 0.200. The number of anilines is 1. The third-order valence-electron chi connectivity index (χ3n) is 1.92. The van der Waals surface area contributed by atoms with E-state index in [2.05, 4.69) is 15.5 Å². The number of primary amides is 1. The number of nitrogens with zero attached hydrogens (tertiary/aromatic N) is 2. The normalized spacial score (nSPS) is 10.4. The number of amides is 2. The Balaban J connectivity index is 1.96. The van der Waals surface area contributed by atoms with Crippen LogP contribution in [0.4, 0.5) is 5.13 Å². The molecule has 0 aromatic carbocycles. The molecule has 0 unspecified atom stereocenters. The summed E-state index contributed by atoms with van der Waals surface area (Å²) in [5.41, 5.74) is 6.08. The summed E-state index contributed by atoms with van der Waals surface area (Å²) < 4.78 is 0.594. The molecule has 2 aromatic rings. The summed E-state index contributed by atoms with van der Waals surface area (Å²) in [6, 6.07) is 1.81. The number of aryl methyl sites for hydroxylation is 1. The summed E-state index contributed by atoms with van der Waals surface area (Å²) in [6.45, 7) is 1.93. The Kier molecular flexibility index (Phi) is 4.51. The fourth-order valence-electron chi connectivity index (χ4n) is 1.16.